The van der Waals surface area contributed by atoms with Gasteiger partial charge >= 0.3 is 6.18 Å². The van der Waals surface area contributed by atoms with Crippen molar-refractivity contribution in [2.45, 2.75) is 12.1 Å². The summed E-state index contributed by atoms with van der Waals surface area (Å²) >= 11 is 0. The first-order valence-electron chi connectivity index (χ1n) is 6.45. The fourth-order valence-electron chi connectivity index (χ4n) is 1.92. The van der Waals surface area contributed by atoms with Crippen LogP contribution in [0, 0.1) is 0 Å². The molecule has 0 radical (unpaired) electrons. The van der Waals surface area contributed by atoms with Gasteiger partial charge in [-0.05, 0) is 17.7 Å². The van der Waals surface area contributed by atoms with Crippen LogP contribution >= 0.6 is 0 Å². The molecule has 1 aromatic carbocycles. The second-order valence-corrected chi connectivity index (χ2v) is 4.72. The monoisotopic (exact) mass is 308 g/mol. The zero-order valence-corrected chi connectivity index (χ0v) is 11.6. The Labute approximate surface area is 124 Å². The molecule has 0 aliphatic heterocycles. The maximum atomic E-state index is 12.5. The number of aromatic amines is 1. The van der Waals surface area contributed by atoms with E-state index in [1.54, 1.807) is 37.1 Å². The van der Waals surface area contributed by atoms with Crippen molar-refractivity contribution in [1.82, 2.24) is 10.3 Å². The van der Waals surface area contributed by atoms with E-state index in [1.165, 1.54) is 0 Å². The van der Waals surface area contributed by atoms with E-state index in [0.29, 0.717) is 6.07 Å². The van der Waals surface area contributed by atoms with Crippen molar-refractivity contribution in [2.75, 3.05) is 0 Å². The number of amides is 1. The van der Waals surface area contributed by atoms with Gasteiger partial charge in [0.05, 0.1) is 0 Å². The predicted octanol–water partition coefficient (Wildman–Crippen LogP) is 1.46. The Kier molecular flexibility index (Phi) is 4.39. The highest BCUT2D eigenvalue weighted by Crippen LogP contribution is 2.26. The maximum absolute atomic E-state index is 12.5. The Morgan fingerprint density at radius 3 is 2.32 bits per heavy atom. The van der Waals surface area contributed by atoms with Crippen LogP contribution in [0.1, 0.15) is 27.6 Å². The van der Waals surface area contributed by atoms with Crippen LogP contribution in [-0.2, 0) is 6.18 Å². The summed E-state index contributed by atoms with van der Waals surface area (Å²) in [5.74, 6) is -1.11. The van der Waals surface area contributed by atoms with E-state index in [-0.39, 0.29) is 11.5 Å². The van der Waals surface area contributed by atoms with Crippen molar-refractivity contribution >= 4 is 13.8 Å². The number of carbonyl (C=O) groups excluding carboxylic acids is 1. The van der Waals surface area contributed by atoms with Gasteiger partial charge in [0.2, 0.25) is 0 Å². The van der Waals surface area contributed by atoms with Crippen molar-refractivity contribution in [1.29, 1.82) is 0 Å². The average Bonchev–Trinajstić information content (AvgIpc) is 2.46. The molecule has 0 aliphatic rings. The van der Waals surface area contributed by atoms with E-state index in [2.05, 4.69) is 5.32 Å². The van der Waals surface area contributed by atoms with Crippen LogP contribution in [0.25, 0.3) is 0 Å². The van der Waals surface area contributed by atoms with E-state index in [4.69, 9.17) is 0 Å². The minimum absolute atomic E-state index is 0.365. The molecule has 1 amide bonds. The maximum Gasteiger partial charge on any atom is 0.431 e. The second-order valence-electron chi connectivity index (χ2n) is 4.72. The standard InChI is InChI=1S/C14H12BF3N2O2/c15-11(8-4-2-1-3-5-8)20-13(22)9-6-7-10(14(16,17)18)19-12(9)21/h1-7,11H,15H2,(H,19,21)(H,20,22). The van der Waals surface area contributed by atoms with Crippen LogP contribution in [0.5, 0.6) is 0 Å². The van der Waals surface area contributed by atoms with E-state index < -0.39 is 23.3 Å². The molecule has 0 saturated heterocycles. The molecule has 1 aromatic heterocycles. The number of rotatable bonds is 3. The summed E-state index contributed by atoms with van der Waals surface area (Å²) in [5.41, 5.74) is -1.81. The normalized spacial score (nSPS) is 12.7. The number of nitrogens with one attached hydrogen (secondary N) is 2. The number of aromatic nitrogens is 1. The second kappa shape index (κ2) is 6.09. The molecule has 1 atom stereocenters. The molecule has 4 nitrogen and oxygen atoms in total. The molecule has 0 fully saturated rings. The minimum atomic E-state index is -4.66. The Morgan fingerprint density at radius 2 is 1.77 bits per heavy atom. The first-order chi connectivity index (χ1) is 10.3. The Morgan fingerprint density at radius 1 is 1.14 bits per heavy atom. The lowest BCUT2D eigenvalue weighted by Crippen LogP contribution is -2.33. The molecule has 0 bridgehead atoms. The number of halogens is 3. The molecule has 0 aliphatic carbocycles. The topological polar surface area (TPSA) is 62.0 Å². The molecule has 8 heteroatoms. The SMILES string of the molecule is BC(NC(=O)c1ccc(C(F)(F)F)[nH]c1=O)c1ccccc1. The summed E-state index contributed by atoms with van der Waals surface area (Å²) in [7, 11) is 1.71. The summed E-state index contributed by atoms with van der Waals surface area (Å²) < 4.78 is 37.4. The van der Waals surface area contributed by atoms with Crippen LogP contribution in [0.2, 0.25) is 0 Å². The largest absolute Gasteiger partial charge is 0.431 e. The van der Waals surface area contributed by atoms with E-state index in [1.807, 2.05) is 6.07 Å². The van der Waals surface area contributed by atoms with Gasteiger partial charge in [-0.2, -0.15) is 13.2 Å². The molecule has 2 aromatic rings. The predicted molar refractivity (Wildman–Crippen MR) is 77.3 cm³/mol. The third-order valence-corrected chi connectivity index (χ3v) is 3.11. The molecule has 22 heavy (non-hydrogen) atoms. The van der Waals surface area contributed by atoms with Gasteiger partial charge in [0.1, 0.15) is 19.1 Å². The lowest BCUT2D eigenvalue weighted by atomic mass is 9.89. The first kappa shape index (κ1) is 15.9. The lowest BCUT2D eigenvalue weighted by molar-refractivity contribution is -0.141. The Balaban J connectivity index is 2.19. The molecular weight excluding hydrogens is 296 g/mol. The summed E-state index contributed by atoms with van der Waals surface area (Å²) in [6.07, 6.45) is -4.66. The van der Waals surface area contributed by atoms with Crippen LogP contribution in [0.4, 0.5) is 13.2 Å². The van der Waals surface area contributed by atoms with E-state index in [0.717, 1.165) is 11.6 Å². The molecule has 2 N–H and O–H groups in total. The van der Waals surface area contributed by atoms with E-state index >= 15 is 0 Å². The van der Waals surface area contributed by atoms with Gasteiger partial charge in [0, 0.05) is 5.94 Å². The Bertz CT molecular complexity index is 729. The molecule has 0 spiro atoms. The lowest BCUT2D eigenvalue weighted by Gasteiger charge is -2.14. The number of alkyl halides is 3. The molecular formula is C14H12BF3N2O2. The highest BCUT2D eigenvalue weighted by atomic mass is 19.4. The molecule has 0 saturated carbocycles. The molecule has 2 rings (SSSR count). The molecule has 114 valence electrons. The van der Waals surface area contributed by atoms with Crippen LogP contribution < -0.4 is 10.9 Å². The highest BCUT2D eigenvalue weighted by molar-refractivity contribution is 6.14. The van der Waals surface area contributed by atoms with Crippen LogP contribution in [0.3, 0.4) is 0 Å². The third kappa shape index (κ3) is 3.57. The van der Waals surface area contributed by atoms with Crippen molar-refractivity contribution in [3.63, 3.8) is 0 Å². The highest BCUT2D eigenvalue weighted by Gasteiger charge is 2.32. The summed E-state index contributed by atoms with van der Waals surface area (Å²) in [5, 5.41) is 2.57. The zero-order chi connectivity index (χ0) is 16.3. The summed E-state index contributed by atoms with van der Waals surface area (Å²) in [6, 6.07) is 10.5. The van der Waals surface area contributed by atoms with Gasteiger partial charge in [0.15, 0.2) is 0 Å². The van der Waals surface area contributed by atoms with Gasteiger partial charge in [-0.25, -0.2) is 0 Å². The van der Waals surface area contributed by atoms with Gasteiger partial charge in [0.25, 0.3) is 11.5 Å². The average molecular weight is 308 g/mol. The number of carbonyl (C=O) groups is 1. The number of hydrogen-bond acceptors (Lipinski definition) is 2. The number of hydrogen-bond donors (Lipinski definition) is 2. The van der Waals surface area contributed by atoms with Crippen molar-refractivity contribution in [2.24, 2.45) is 0 Å². The number of benzene rings is 1. The zero-order valence-electron chi connectivity index (χ0n) is 11.6. The quantitative estimate of drug-likeness (QED) is 0.843. The van der Waals surface area contributed by atoms with Crippen LogP contribution in [0.15, 0.2) is 47.3 Å². The molecule has 1 heterocycles. The van der Waals surface area contributed by atoms with Crippen molar-refractivity contribution in [3.8, 4) is 0 Å². The smallest absolute Gasteiger partial charge is 0.353 e. The van der Waals surface area contributed by atoms with Gasteiger partial charge < -0.3 is 10.3 Å². The van der Waals surface area contributed by atoms with Gasteiger partial charge in [-0.3, -0.25) is 9.59 Å². The van der Waals surface area contributed by atoms with Crippen molar-refractivity contribution in [3.05, 3.63) is 69.6 Å². The minimum Gasteiger partial charge on any atom is -0.353 e. The van der Waals surface area contributed by atoms with E-state index in [9.17, 15) is 22.8 Å². The number of pyridine rings is 1. The van der Waals surface area contributed by atoms with Gasteiger partial charge in [-0.15, -0.1) is 0 Å². The van der Waals surface area contributed by atoms with Crippen molar-refractivity contribution < 1.29 is 18.0 Å². The first-order valence-corrected chi connectivity index (χ1v) is 6.45. The summed E-state index contributed by atoms with van der Waals surface area (Å²) in [4.78, 5) is 25.3. The fourth-order valence-corrected chi connectivity index (χ4v) is 1.92. The number of H-pyrrole nitrogens is 1. The molecule has 1 unspecified atom stereocenters. The summed E-state index contributed by atoms with van der Waals surface area (Å²) in [6.45, 7) is 0. The van der Waals surface area contributed by atoms with Crippen LogP contribution in [-0.4, -0.2) is 18.7 Å². The third-order valence-electron chi connectivity index (χ3n) is 3.11. The Hall–Kier alpha value is -2.51. The van der Waals surface area contributed by atoms with Gasteiger partial charge in [-0.1, -0.05) is 30.3 Å². The fraction of sp³-hybridized carbons (Fsp3) is 0.143.